The number of carbonyl (C=O) groups excluding carboxylic acids is 1. The molecule has 3 nitrogen and oxygen atoms in total. The quantitative estimate of drug-likeness (QED) is 0.706. The maximum absolute atomic E-state index is 11.2. The van der Waals surface area contributed by atoms with Gasteiger partial charge in [0.1, 0.15) is 5.69 Å². The summed E-state index contributed by atoms with van der Waals surface area (Å²) in [6.07, 6.45) is 2.27. The predicted octanol–water partition coefficient (Wildman–Crippen LogP) is 2.40. The molecule has 0 spiro atoms. The molecule has 1 saturated carbocycles. The summed E-state index contributed by atoms with van der Waals surface area (Å²) in [5.41, 5.74) is 1.19. The second kappa shape index (κ2) is 3.58. The van der Waals surface area contributed by atoms with Gasteiger partial charge in [-0.1, -0.05) is 11.6 Å². The summed E-state index contributed by atoms with van der Waals surface area (Å²) < 4.78 is 4.59. The molecular weight excluding hydrogens is 202 g/mol. The van der Waals surface area contributed by atoms with E-state index in [1.165, 1.54) is 13.2 Å². The highest BCUT2D eigenvalue weighted by Crippen LogP contribution is 2.39. The van der Waals surface area contributed by atoms with Gasteiger partial charge in [0.15, 0.2) is 0 Å². The second-order valence-electron chi connectivity index (χ2n) is 3.36. The number of aromatic nitrogens is 1. The molecule has 0 aromatic carbocycles. The number of halogens is 1. The van der Waals surface area contributed by atoms with E-state index in [9.17, 15) is 4.79 Å². The molecule has 1 aliphatic carbocycles. The number of ether oxygens (including phenoxy) is 1. The fourth-order valence-electron chi connectivity index (χ4n) is 1.31. The second-order valence-corrected chi connectivity index (χ2v) is 3.80. The van der Waals surface area contributed by atoms with Gasteiger partial charge in [-0.05, 0) is 25.0 Å². The van der Waals surface area contributed by atoms with Crippen molar-refractivity contribution in [2.45, 2.75) is 18.8 Å². The maximum atomic E-state index is 11.2. The molecule has 4 heteroatoms. The Morgan fingerprint density at radius 2 is 2.29 bits per heavy atom. The molecule has 0 saturated heterocycles. The van der Waals surface area contributed by atoms with Crippen molar-refractivity contribution < 1.29 is 9.53 Å². The van der Waals surface area contributed by atoms with Crippen molar-refractivity contribution in [3.05, 3.63) is 28.5 Å². The Bertz CT molecular complexity index is 374. The molecule has 0 atom stereocenters. The minimum atomic E-state index is -0.436. The van der Waals surface area contributed by atoms with Crippen LogP contribution >= 0.6 is 11.6 Å². The fraction of sp³-hybridized carbons (Fsp3) is 0.400. The fourth-order valence-corrected chi connectivity index (χ4v) is 1.53. The van der Waals surface area contributed by atoms with Crippen LogP contribution in [0.25, 0.3) is 0 Å². The van der Waals surface area contributed by atoms with E-state index in [0.29, 0.717) is 16.6 Å². The summed E-state index contributed by atoms with van der Waals surface area (Å²) >= 11 is 5.88. The molecule has 0 N–H and O–H groups in total. The molecule has 0 unspecified atom stereocenters. The van der Waals surface area contributed by atoms with Crippen molar-refractivity contribution in [3.63, 3.8) is 0 Å². The van der Waals surface area contributed by atoms with E-state index in [2.05, 4.69) is 9.72 Å². The highest BCUT2D eigenvalue weighted by molar-refractivity contribution is 6.30. The lowest BCUT2D eigenvalue weighted by Crippen LogP contribution is -2.05. The first kappa shape index (κ1) is 9.46. The van der Waals surface area contributed by atoms with Crippen molar-refractivity contribution in [2.24, 2.45) is 0 Å². The molecule has 1 fully saturated rings. The minimum Gasteiger partial charge on any atom is -0.464 e. The van der Waals surface area contributed by atoms with E-state index in [4.69, 9.17) is 11.6 Å². The first-order valence-corrected chi connectivity index (χ1v) is 4.84. The van der Waals surface area contributed by atoms with Crippen molar-refractivity contribution in [2.75, 3.05) is 7.11 Å². The van der Waals surface area contributed by atoms with Gasteiger partial charge in [-0.15, -0.1) is 0 Å². The zero-order valence-corrected chi connectivity index (χ0v) is 8.54. The van der Waals surface area contributed by atoms with E-state index < -0.39 is 5.97 Å². The third-order valence-corrected chi connectivity index (χ3v) is 2.42. The zero-order chi connectivity index (χ0) is 10.1. The normalized spacial score (nSPS) is 15.3. The third kappa shape index (κ3) is 1.87. The first-order chi connectivity index (χ1) is 6.70. The highest BCUT2D eigenvalue weighted by Gasteiger charge is 2.26. The van der Waals surface area contributed by atoms with Crippen LogP contribution in [-0.4, -0.2) is 18.1 Å². The smallest absolute Gasteiger partial charge is 0.356 e. The molecule has 1 aliphatic rings. The van der Waals surface area contributed by atoms with Crippen LogP contribution in [0.1, 0.15) is 34.9 Å². The van der Waals surface area contributed by atoms with Crippen LogP contribution in [0.2, 0.25) is 5.02 Å². The highest BCUT2D eigenvalue weighted by atomic mass is 35.5. The zero-order valence-electron chi connectivity index (χ0n) is 7.79. The van der Waals surface area contributed by atoms with Crippen LogP contribution in [0.5, 0.6) is 0 Å². The van der Waals surface area contributed by atoms with Gasteiger partial charge in [0, 0.05) is 16.6 Å². The molecule has 1 heterocycles. The number of esters is 1. The number of hydrogen-bond acceptors (Lipinski definition) is 3. The summed E-state index contributed by atoms with van der Waals surface area (Å²) in [7, 11) is 1.34. The van der Waals surface area contributed by atoms with E-state index in [1.54, 1.807) is 0 Å². The molecule has 0 bridgehead atoms. The Morgan fingerprint density at radius 3 is 2.86 bits per heavy atom. The summed E-state index contributed by atoms with van der Waals surface area (Å²) in [5, 5.41) is 0.544. The molecular formula is C10H10ClNO2. The van der Waals surface area contributed by atoms with E-state index in [0.717, 1.165) is 18.5 Å². The van der Waals surface area contributed by atoms with E-state index >= 15 is 0 Å². The predicted molar refractivity (Wildman–Crippen MR) is 52.6 cm³/mol. The third-order valence-electron chi connectivity index (χ3n) is 2.20. The number of pyridine rings is 1. The lowest BCUT2D eigenvalue weighted by Gasteiger charge is -2.02. The van der Waals surface area contributed by atoms with Gasteiger partial charge in [-0.2, -0.15) is 0 Å². The molecule has 14 heavy (non-hydrogen) atoms. The van der Waals surface area contributed by atoms with E-state index in [1.807, 2.05) is 6.07 Å². The molecule has 1 aromatic rings. The first-order valence-electron chi connectivity index (χ1n) is 4.46. The van der Waals surface area contributed by atoms with Crippen LogP contribution in [0.3, 0.4) is 0 Å². The van der Waals surface area contributed by atoms with Gasteiger partial charge < -0.3 is 4.74 Å². The van der Waals surface area contributed by atoms with Crippen LogP contribution in [-0.2, 0) is 4.74 Å². The Balaban J connectivity index is 2.35. The maximum Gasteiger partial charge on any atom is 0.356 e. The Hall–Kier alpha value is -1.09. The van der Waals surface area contributed by atoms with Crippen molar-refractivity contribution in [3.8, 4) is 0 Å². The van der Waals surface area contributed by atoms with Gasteiger partial charge in [0.05, 0.1) is 7.11 Å². The van der Waals surface area contributed by atoms with Gasteiger partial charge >= 0.3 is 5.97 Å². The molecule has 0 aliphatic heterocycles. The van der Waals surface area contributed by atoms with Crippen molar-refractivity contribution in [1.82, 2.24) is 4.98 Å². The van der Waals surface area contributed by atoms with Gasteiger partial charge in [0.25, 0.3) is 0 Å². The SMILES string of the molecule is COC(=O)c1cc(Cl)cc(C2CC2)n1. The standard InChI is InChI=1S/C10H10ClNO2/c1-14-10(13)9-5-7(11)4-8(12-9)6-2-3-6/h4-6H,2-3H2,1H3. The lowest BCUT2D eigenvalue weighted by molar-refractivity contribution is 0.0593. The number of methoxy groups -OCH3 is 1. The molecule has 2 rings (SSSR count). The Labute approximate surface area is 87.0 Å². The Morgan fingerprint density at radius 1 is 1.57 bits per heavy atom. The van der Waals surface area contributed by atoms with Crippen molar-refractivity contribution >= 4 is 17.6 Å². The topological polar surface area (TPSA) is 39.2 Å². The van der Waals surface area contributed by atoms with Gasteiger partial charge in [-0.3, -0.25) is 0 Å². The van der Waals surface area contributed by atoms with Gasteiger partial charge in [0.2, 0.25) is 0 Å². The lowest BCUT2D eigenvalue weighted by atomic mass is 10.2. The largest absolute Gasteiger partial charge is 0.464 e. The molecule has 0 radical (unpaired) electrons. The van der Waals surface area contributed by atoms with Crippen LogP contribution in [0.15, 0.2) is 12.1 Å². The summed E-state index contributed by atoms with van der Waals surface area (Å²) in [6.45, 7) is 0. The van der Waals surface area contributed by atoms with Crippen molar-refractivity contribution in [1.29, 1.82) is 0 Å². The Kier molecular flexibility index (Phi) is 2.42. The summed E-state index contributed by atoms with van der Waals surface area (Å²) in [5.74, 6) is 0.0477. The number of hydrogen-bond donors (Lipinski definition) is 0. The number of rotatable bonds is 2. The number of carbonyl (C=O) groups is 1. The summed E-state index contributed by atoms with van der Waals surface area (Å²) in [4.78, 5) is 15.4. The minimum absolute atomic E-state index is 0.293. The molecule has 0 amide bonds. The van der Waals surface area contributed by atoms with Crippen LogP contribution in [0, 0.1) is 0 Å². The monoisotopic (exact) mass is 211 g/mol. The number of nitrogens with zero attached hydrogens (tertiary/aromatic N) is 1. The van der Waals surface area contributed by atoms with Crippen LogP contribution in [0.4, 0.5) is 0 Å². The average molecular weight is 212 g/mol. The van der Waals surface area contributed by atoms with E-state index in [-0.39, 0.29) is 0 Å². The van der Waals surface area contributed by atoms with Crippen LogP contribution < -0.4 is 0 Å². The average Bonchev–Trinajstić information content (AvgIpc) is 2.98. The van der Waals surface area contributed by atoms with Gasteiger partial charge in [-0.25, -0.2) is 9.78 Å². The molecule has 74 valence electrons. The molecule has 1 aromatic heterocycles. The summed E-state index contributed by atoms with van der Waals surface area (Å²) in [6, 6.07) is 3.34.